The number of hydrogen-bond donors (Lipinski definition) is 3. The molecule has 0 bridgehead atoms. The number of phenols is 1. The SMILES string of the molecule is COc1ccc(C(=O)Nc2ccc(-c3ccc(O)c4c3CC3CC5C(C(=O)C(C(N)=O)C(=O)C5N(C)C)C(=O)C3C4=O)cc2)cc1. The Labute approximate surface area is 264 Å². The Morgan fingerprint density at radius 2 is 1.57 bits per heavy atom. The van der Waals surface area contributed by atoms with Crippen molar-refractivity contribution in [2.75, 3.05) is 26.5 Å². The van der Waals surface area contributed by atoms with Crippen LogP contribution in [0.4, 0.5) is 5.69 Å². The molecule has 2 fully saturated rings. The van der Waals surface area contributed by atoms with Gasteiger partial charge in [-0.3, -0.25) is 33.7 Å². The fraction of sp³-hybridized carbons (Fsp3) is 0.314. The van der Waals surface area contributed by atoms with Crippen LogP contribution in [0, 0.1) is 29.6 Å². The van der Waals surface area contributed by atoms with Gasteiger partial charge in [-0.15, -0.1) is 0 Å². The Kier molecular flexibility index (Phi) is 7.81. The smallest absolute Gasteiger partial charge is 0.255 e. The van der Waals surface area contributed by atoms with Crippen LogP contribution in [0.3, 0.4) is 0 Å². The second kappa shape index (κ2) is 11.6. The van der Waals surface area contributed by atoms with Crippen LogP contribution < -0.4 is 15.8 Å². The van der Waals surface area contributed by atoms with Gasteiger partial charge >= 0.3 is 0 Å². The van der Waals surface area contributed by atoms with Gasteiger partial charge in [-0.05, 0) is 97.9 Å². The van der Waals surface area contributed by atoms with Gasteiger partial charge in [0.1, 0.15) is 11.5 Å². The number of anilines is 1. The van der Waals surface area contributed by atoms with Gasteiger partial charge in [0.15, 0.2) is 29.1 Å². The minimum Gasteiger partial charge on any atom is -0.507 e. The maximum atomic E-state index is 14.0. The van der Waals surface area contributed by atoms with E-state index in [2.05, 4.69) is 5.32 Å². The molecule has 0 spiro atoms. The molecule has 6 unspecified atom stereocenters. The van der Waals surface area contributed by atoms with E-state index in [1.165, 1.54) is 6.07 Å². The number of nitrogens with zero attached hydrogens (tertiary/aromatic N) is 1. The first-order valence-corrected chi connectivity index (χ1v) is 14.9. The van der Waals surface area contributed by atoms with Crippen molar-refractivity contribution in [2.24, 2.45) is 35.3 Å². The van der Waals surface area contributed by atoms with Gasteiger partial charge in [0, 0.05) is 11.3 Å². The Balaban J connectivity index is 1.31. The minimum atomic E-state index is -1.75. The number of carbonyl (C=O) groups excluding carboxylic acids is 6. The Bertz CT molecular complexity index is 1800. The molecule has 3 aromatic carbocycles. The molecule has 236 valence electrons. The Morgan fingerprint density at radius 1 is 0.891 bits per heavy atom. The summed E-state index contributed by atoms with van der Waals surface area (Å²) < 4.78 is 5.14. The molecule has 0 heterocycles. The average Bonchev–Trinajstić information content (AvgIpc) is 3.01. The van der Waals surface area contributed by atoms with Gasteiger partial charge in [-0.25, -0.2) is 0 Å². The van der Waals surface area contributed by atoms with E-state index in [9.17, 15) is 33.9 Å². The van der Waals surface area contributed by atoms with E-state index in [1.54, 1.807) is 80.7 Å². The zero-order valence-corrected chi connectivity index (χ0v) is 25.5. The van der Waals surface area contributed by atoms with Crippen LogP contribution >= 0.6 is 0 Å². The second-order valence-corrected chi connectivity index (χ2v) is 12.4. The molecule has 4 N–H and O–H groups in total. The van der Waals surface area contributed by atoms with Crippen molar-refractivity contribution in [3.63, 3.8) is 0 Å². The number of carbonyl (C=O) groups is 6. The summed E-state index contributed by atoms with van der Waals surface area (Å²) in [5, 5.41) is 13.7. The highest BCUT2D eigenvalue weighted by molar-refractivity contribution is 6.28. The van der Waals surface area contributed by atoms with Gasteiger partial charge in [0.05, 0.1) is 30.6 Å². The number of aromatic hydroxyl groups is 1. The highest BCUT2D eigenvalue weighted by Crippen LogP contribution is 2.50. The molecule has 0 radical (unpaired) electrons. The number of Topliss-reactive ketones (excluding diaryl/α,β-unsaturated/α-hetero) is 4. The molecule has 0 aliphatic heterocycles. The largest absolute Gasteiger partial charge is 0.507 e. The summed E-state index contributed by atoms with van der Waals surface area (Å²) >= 11 is 0. The molecule has 11 nitrogen and oxygen atoms in total. The maximum Gasteiger partial charge on any atom is 0.255 e. The third kappa shape index (κ3) is 4.96. The number of amides is 2. The monoisotopic (exact) mass is 623 g/mol. The lowest BCUT2D eigenvalue weighted by Crippen LogP contribution is -2.64. The summed E-state index contributed by atoms with van der Waals surface area (Å²) in [6.45, 7) is 0. The number of phenolic OH excluding ortho intramolecular Hbond substituents is 1. The molecule has 3 aliphatic rings. The summed E-state index contributed by atoms with van der Waals surface area (Å²) in [4.78, 5) is 81.1. The number of nitrogens with two attached hydrogens (primary N) is 1. The van der Waals surface area contributed by atoms with E-state index < -0.39 is 64.7 Å². The van der Waals surface area contributed by atoms with Gasteiger partial charge in [0.25, 0.3) is 5.91 Å². The van der Waals surface area contributed by atoms with Crippen LogP contribution in [0.25, 0.3) is 11.1 Å². The fourth-order valence-electron chi connectivity index (χ4n) is 7.57. The summed E-state index contributed by atoms with van der Waals surface area (Å²) in [5.41, 5.74) is 8.43. The van der Waals surface area contributed by atoms with E-state index in [0.717, 1.165) is 5.56 Å². The minimum absolute atomic E-state index is 0.0254. The van der Waals surface area contributed by atoms with Crippen molar-refractivity contribution in [1.29, 1.82) is 0 Å². The third-order valence-corrected chi connectivity index (χ3v) is 9.59. The van der Waals surface area contributed by atoms with Crippen LogP contribution in [-0.2, 0) is 25.6 Å². The number of fused-ring (bicyclic) bond motifs is 3. The maximum absolute atomic E-state index is 14.0. The normalized spacial score (nSPS) is 25.4. The number of ketones is 4. The van der Waals surface area contributed by atoms with Crippen molar-refractivity contribution in [3.8, 4) is 22.6 Å². The average molecular weight is 624 g/mol. The lowest BCUT2D eigenvalue weighted by molar-refractivity contribution is -0.157. The molecule has 46 heavy (non-hydrogen) atoms. The quantitative estimate of drug-likeness (QED) is 0.349. The zero-order chi connectivity index (χ0) is 33.0. The molecule has 6 atom stereocenters. The highest BCUT2D eigenvalue weighted by atomic mass is 16.5. The summed E-state index contributed by atoms with van der Waals surface area (Å²) in [6, 6.07) is 16.0. The van der Waals surface area contributed by atoms with Gasteiger partial charge in [-0.1, -0.05) is 18.2 Å². The van der Waals surface area contributed by atoms with Crippen molar-refractivity contribution < 1.29 is 38.6 Å². The third-order valence-electron chi connectivity index (χ3n) is 9.59. The lowest BCUT2D eigenvalue weighted by Gasteiger charge is -2.48. The first-order valence-electron chi connectivity index (χ1n) is 14.9. The molecule has 3 aliphatic carbocycles. The van der Waals surface area contributed by atoms with Crippen molar-refractivity contribution in [2.45, 2.75) is 18.9 Å². The number of benzene rings is 3. The molecule has 11 heteroatoms. The topological polar surface area (TPSA) is 173 Å². The van der Waals surface area contributed by atoms with E-state index in [1.807, 2.05) is 0 Å². The predicted octanol–water partition coefficient (Wildman–Crippen LogP) is 2.68. The van der Waals surface area contributed by atoms with Gasteiger partial charge in [0.2, 0.25) is 5.91 Å². The number of likely N-dealkylation sites (N-methyl/N-ethyl adjacent to an activating group) is 1. The van der Waals surface area contributed by atoms with Gasteiger partial charge < -0.3 is 20.9 Å². The first-order chi connectivity index (χ1) is 21.9. The van der Waals surface area contributed by atoms with E-state index >= 15 is 0 Å². The highest BCUT2D eigenvalue weighted by Gasteiger charge is 2.61. The molecule has 3 aromatic rings. The standard InChI is InChI=1S/C35H33N3O8/c1-38(2)29-23-15-18-14-22-21(16-4-8-19(9-5-16)37-35(45)17-6-10-20(46-3)11-7-17)12-13-24(39)26(22)30(40)25(18)31(41)27(23)32(42)28(33(29)43)34(36)44/h4-13,18,23,25,27-29,39H,14-15H2,1-3H3,(H2,36,44)(H,37,45). The molecule has 0 aromatic heterocycles. The number of ether oxygens (including phenoxy) is 1. The van der Waals surface area contributed by atoms with E-state index in [0.29, 0.717) is 28.1 Å². The molecule has 6 rings (SSSR count). The molecule has 2 amide bonds. The summed E-state index contributed by atoms with van der Waals surface area (Å²) in [6.07, 6.45) is 0.478. The van der Waals surface area contributed by atoms with Crippen LogP contribution in [0.5, 0.6) is 11.5 Å². The van der Waals surface area contributed by atoms with Crippen LogP contribution in [0.2, 0.25) is 0 Å². The molecular formula is C35H33N3O8. The van der Waals surface area contributed by atoms with E-state index in [4.69, 9.17) is 10.5 Å². The number of nitrogens with one attached hydrogen (secondary N) is 1. The summed E-state index contributed by atoms with van der Waals surface area (Å²) in [7, 11) is 4.83. The fourth-order valence-corrected chi connectivity index (χ4v) is 7.57. The second-order valence-electron chi connectivity index (χ2n) is 12.4. The van der Waals surface area contributed by atoms with Crippen molar-refractivity contribution in [3.05, 3.63) is 77.4 Å². The predicted molar refractivity (Wildman–Crippen MR) is 166 cm³/mol. The van der Waals surface area contributed by atoms with Gasteiger partial charge in [-0.2, -0.15) is 0 Å². The summed E-state index contributed by atoms with van der Waals surface area (Å²) in [5.74, 6) is -9.24. The van der Waals surface area contributed by atoms with Crippen molar-refractivity contribution >= 4 is 40.6 Å². The molecule has 0 saturated heterocycles. The molecule has 2 saturated carbocycles. The number of rotatable bonds is 6. The number of primary amides is 1. The zero-order valence-electron chi connectivity index (χ0n) is 25.5. The van der Waals surface area contributed by atoms with Crippen LogP contribution in [-0.4, -0.2) is 72.2 Å². The molecular weight excluding hydrogens is 590 g/mol. The van der Waals surface area contributed by atoms with Crippen LogP contribution in [0.1, 0.15) is 32.7 Å². The van der Waals surface area contributed by atoms with Crippen molar-refractivity contribution in [1.82, 2.24) is 4.90 Å². The Morgan fingerprint density at radius 3 is 2.17 bits per heavy atom. The van der Waals surface area contributed by atoms with E-state index in [-0.39, 0.29) is 30.1 Å². The first kappa shape index (κ1) is 30.8. The number of hydrogen-bond acceptors (Lipinski definition) is 9. The Hall–Kier alpha value is -5.16. The number of methoxy groups -OCH3 is 1. The lowest BCUT2D eigenvalue weighted by atomic mass is 9.54. The van der Waals surface area contributed by atoms with Crippen LogP contribution in [0.15, 0.2) is 60.7 Å².